The van der Waals surface area contributed by atoms with Crippen molar-refractivity contribution in [2.24, 2.45) is 0 Å². The minimum absolute atomic E-state index is 0.207. The number of aliphatic hydroxyl groups is 1. The molecule has 1 N–H and O–H groups in total. The van der Waals surface area contributed by atoms with Crippen LogP contribution in [0.5, 0.6) is 17.5 Å². The number of piperazine rings is 1. The molecule has 55 heavy (non-hydrogen) atoms. The number of ether oxygens (including phenoxy) is 4. The highest BCUT2D eigenvalue weighted by Crippen LogP contribution is 2.30. The number of methoxy groups -OCH3 is 2. The fraction of sp³-hybridized carbons (Fsp3) is 0.429. The third-order valence-corrected chi connectivity index (χ3v) is 9.45. The number of fused-ring (bicyclic) bond motifs is 1. The van der Waals surface area contributed by atoms with Crippen LogP contribution in [0.25, 0.3) is 5.65 Å². The molecule has 292 valence electrons. The predicted molar refractivity (Wildman–Crippen MR) is 211 cm³/mol. The first-order valence-electron chi connectivity index (χ1n) is 18.9. The second-order valence-electron chi connectivity index (χ2n) is 14.8. The van der Waals surface area contributed by atoms with E-state index >= 15 is 0 Å². The lowest BCUT2D eigenvalue weighted by Crippen LogP contribution is -2.49. The van der Waals surface area contributed by atoms with E-state index in [0.717, 1.165) is 60.7 Å². The van der Waals surface area contributed by atoms with E-state index in [1.807, 2.05) is 93.6 Å². The van der Waals surface area contributed by atoms with E-state index < -0.39 is 11.7 Å². The number of carbonyl (C=O) groups is 1. The Morgan fingerprint density at radius 1 is 0.855 bits per heavy atom. The first-order valence-corrected chi connectivity index (χ1v) is 18.9. The summed E-state index contributed by atoms with van der Waals surface area (Å²) in [5.41, 5.74) is 4.42. The minimum Gasteiger partial charge on any atom is -0.497 e. The maximum Gasteiger partial charge on any atom is 0.410 e. The highest BCUT2D eigenvalue weighted by atomic mass is 16.6. The Morgan fingerprint density at radius 2 is 1.44 bits per heavy atom. The molecule has 13 nitrogen and oxygen atoms in total. The summed E-state index contributed by atoms with van der Waals surface area (Å²) < 4.78 is 24.1. The van der Waals surface area contributed by atoms with Crippen LogP contribution in [0.4, 0.5) is 10.6 Å². The summed E-state index contributed by atoms with van der Waals surface area (Å²) in [6, 6.07) is 24.1. The molecule has 2 aromatic heterocycles. The van der Waals surface area contributed by atoms with Gasteiger partial charge in [0.25, 0.3) is 0 Å². The van der Waals surface area contributed by atoms with Crippen molar-refractivity contribution in [3.63, 3.8) is 0 Å². The molecule has 3 aromatic carbocycles. The van der Waals surface area contributed by atoms with Crippen molar-refractivity contribution in [1.82, 2.24) is 29.4 Å². The molecular weight excluding hydrogens is 699 g/mol. The molecule has 0 spiro atoms. The summed E-state index contributed by atoms with van der Waals surface area (Å²) in [5, 5.41) is 16.5. The molecule has 0 aliphatic carbocycles. The summed E-state index contributed by atoms with van der Waals surface area (Å²) in [5.74, 6) is 2.13. The van der Waals surface area contributed by atoms with Gasteiger partial charge in [0.2, 0.25) is 0 Å². The molecule has 1 aliphatic rings. The van der Waals surface area contributed by atoms with E-state index in [2.05, 4.69) is 16.7 Å². The molecule has 13 heteroatoms. The molecule has 1 amide bonds. The van der Waals surface area contributed by atoms with E-state index in [1.165, 1.54) is 0 Å². The number of hydrogen-bond acceptors (Lipinski definition) is 11. The fourth-order valence-electron chi connectivity index (χ4n) is 6.39. The van der Waals surface area contributed by atoms with Gasteiger partial charge in [-0.2, -0.15) is 4.98 Å². The smallest absolute Gasteiger partial charge is 0.410 e. The van der Waals surface area contributed by atoms with Crippen LogP contribution in [0.1, 0.15) is 74.6 Å². The van der Waals surface area contributed by atoms with E-state index in [0.29, 0.717) is 55.5 Å². The number of aromatic nitrogens is 4. The molecule has 1 saturated heterocycles. The lowest BCUT2D eigenvalue weighted by atomic mass is 10.0. The quantitative estimate of drug-likeness (QED) is 0.115. The summed E-state index contributed by atoms with van der Waals surface area (Å²) in [4.78, 5) is 28.4. The van der Waals surface area contributed by atoms with E-state index in [9.17, 15) is 9.90 Å². The van der Waals surface area contributed by atoms with Crippen molar-refractivity contribution in [3.8, 4) is 17.5 Å². The topological polar surface area (TPSA) is 127 Å². The summed E-state index contributed by atoms with van der Waals surface area (Å²) in [6.45, 7) is 12.7. The first kappa shape index (κ1) is 39.3. The van der Waals surface area contributed by atoms with Crippen LogP contribution in [0.2, 0.25) is 0 Å². The van der Waals surface area contributed by atoms with Crippen molar-refractivity contribution in [1.29, 1.82) is 0 Å². The number of amides is 1. The van der Waals surface area contributed by atoms with Crippen LogP contribution < -0.4 is 19.1 Å². The maximum absolute atomic E-state index is 12.5. The average Bonchev–Trinajstić information content (AvgIpc) is 3.62. The molecule has 1 fully saturated rings. The Hall–Kier alpha value is -5.40. The minimum atomic E-state index is -1.01. The number of benzene rings is 3. The monoisotopic (exact) mass is 751 g/mol. The van der Waals surface area contributed by atoms with Gasteiger partial charge in [-0.3, -0.25) is 4.90 Å². The van der Waals surface area contributed by atoms with Gasteiger partial charge < -0.3 is 33.9 Å². The Bertz CT molecular complexity index is 1940. The molecule has 1 atom stereocenters. The Labute approximate surface area is 323 Å². The summed E-state index contributed by atoms with van der Waals surface area (Å²) >= 11 is 0. The number of unbranched alkanes of at least 4 members (excludes halogenated alkanes) is 1. The van der Waals surface area contributed by atoms with Crippen molar-refractivity contribution >= 4 is 17.6 Å². The van der Waals surface area contributed by atoms with E-state index in [-0.39, 0.29) is 12.1 Å². The van der Waals surface area contributed by atoms with Crippen LogP contribution >= 0.6 is 0 Å². The summed E-state index contributed by atoms with van der Waals surface area (Å²) in [7, 11) is 3.31. The molecule has 0 radical (unpaired) electrons. The van der Waals surface area contributed by atoms with Gasteiger partial charge in [-0.1, -0.05) is 61.9 Å². The van der Waals surface area contributed by atoms with Gasteiger partial charge in [0, 0.05) is 45.8 Å². The van der Waals surface area contributed by atoms with Crippen LogP contribution in [0.3, 0.4) is 0 Å². The third kappa shape index (κ3) is 10.2. The van der Waals surface area contributed by atoms with Crippen molar-refractivity contribution < 1.29 is 28.8 Å². The average molecular weight is 752 g/mol. The molecule has 0 saturated carbocycles. The second kappa shape index (κ2) is 17.8. The Morgan fingerprint density at radius 3 is 1.98 bits per heavy atom. The fourth-order valence-corrected chi connectivity index (χ4v) is 6.39. The number of rotatable bonds is 15. The molecule has 0 bridgehead atoms. The second-order valence-corrected chi connectivity index (χ2v) is 14.8. The van der Waals surface area contributed by atoms with Gasteiger partial charge in [0.05, 0.1) is 32.7 Å². The van der Waals surface area contributed by atoms with Gasteiger partial charge in [0.15, 0.2) is 11.5 Å². The number of carbonyl (C=O) groups excluding carboxylic acids is 1. The molecule has 3 heterocycles. The van der Waals surface area contributed by atoms with Crippen molar-refractivity contribution in [2.75, 3.05) is 51.9 Å². The predicted octanol–water partition coefficient (Wildman–Crippen LogP) is 6.66. The number of aliphatic hydroxyl groups excluding tert-OH is 1. The molecular formula is C42H53N7O6. The molecule has 1 unspecified atom stereocenters. The van der Waals surface area contributed by atoms with Crippen LogP contribution in [0, 0.1) is 0 Å². The molecule has 5 aromatic rings. The van der Waals surface area contributed by atoms with Gasteiger partial charge in [-0.25, -0.2) is 14.3 Å². The Kier molecular flexibility index (Phi) is 12.7. The normalized spacial score (nSPS) is 14.1. The Balaban J connectivity index is 1.25. The molecule has 1 aliphatic heterocycles. The molecule has 6 rings (SSSR count). The van der Waals surface area contributed by atoms with E-state index in [1.54, 1.807) is 29.8 Å². The highest BCUT2D eigenvalue weighted by Gasteiger charge is 2.27. The third-order valence-electron chi connectivity index (χ3n) is 9.45. The van der Waals surface area contributed by atoms with Crippen LogP contribution in [0.15, 0.2) is 79.0 Å². The SMILES string of the molecule is CCCCOc1nc(N(Cc2ccc(OC)cc2)Cc2ccc(OC)cc2)c2ncc(C(O)c3ccc(CN4CCN(C(=O)OC(C)(C)C)CC4)cc3)n2n1. The van der Waals surface area contributed by atoms with Crippen molar-refractivity contribution in [3.05, 3.63) is 107 Å². The first-order chi connectivity index (χ1) is 26.5. The zero-order chi connectivity index (χ0) is 39.0. The van der Waals surface area contributed by atoms with Gasteiger partial charge in [-0.15, -0.1) is 5.10 Å². The van der Waals surface area contributed by atoms with Gasteiger partial charge in [0.1, 0.15) is 23.2 Å². The largest absolute Gasteiger partial charge is 0.497 e. The lowest BCUT2D eigenvalue weighted by Gasteiger charge is -2.35. The standard InChI is InChI=1S/C42H53N7O6/c1-7-8-25-54-40-44-39(48(28-31-11-17-34(52-5)18-12-31)29-32-13-19-35(53-6)20-14-32)38-43-26-36(49(38)45-40)37(50)33-15-9-30(10-16-33)27-46-21-23-47(24-22-46)41(51)55-42(2,3)4/h9-20,26,37,50H,7-8,21-25,27-29H2,1-6H3. The number of imidazole rings is 1. The lowest BCUT2D eigenvalue weighted by molar-refractivity contribution is 0.0139. The van der Waals surface area contributed by atoms with E-state index in [4.69, 9.17) is 34.0 Å². The maximum atomic E-state index is 12.5. The van der Waals surface area contributed by atoms with Gasteiger partial charge >= 0.3 is 12.1 Å². The zero-order valence-electron chi connectivity index (χ0n) is 32.8. The van der Waals surface area contributed by atoms with Crippen LogP contribution in [-0.4, -0.2) is 93.2 Å². The van der Waals surface area contributed by atoms with Crippen molar-refractivity contribution in [2.45, 2.75) is 71.9 Å². The number of nitrogens with zero attached hydrogens (tertiary/aromatic N) is 7. The zero-order valence-corrected chi connectivity index (χ0v) is 32.8. The summed E-state index contributed by atoms with van der Waals surface area (Å²) in [6.07, 6.45) is 2.19. The number of anilines is 1. The van der Waals surface area contributed by atoms with Gasteiger partial charge in [-0.05, 0) is 73.7 Å². The number of hydrogen-bond donors (Lipinski definition) is 1. The highest BCUT2D eigenvalue weighted by molar-refractivity contribution is 5.68. The van der Waals surface area contributed by atoms with Crippen LogP contribution in [-0.2, 0) is 24.4 Å².